The molecule has 6 nitrogen and oxygen atoms in total. The van der Waals surface area contributed by atoms with Crippen molar-refractivity contribution in [3.63, 3.8) is 0 Å². The molecule has 38 heavy (non-hydrogen) atoms. The van der Waals surface area contributed by atoms with Crippen LogP contribution in [-0.4, -0.2) is 22.5 Å². The third-order valence-electron chi connectivity index (χ3n) is 5.67. The van der Waals surface area contributed by atoms with Crippen molar-refractivity contribution in [3.05, 3.63) is 94.8 Å². The van der Waals surface area contributed by atoms with Crippen LogP contribution in [0.5, 0.6) is 11.5 Å². The van der Waals surface area contributed by atoms with Crippen LogP contribution in [0.2, 0.25) is 10.0 Å². The van der Waals surface area contributed by atoms with Crippen molar-refractivity contribution in [3.8, 4) is 11.5 Å². The van der Waals surface area contributed by atoms with E-state index in [0.29, 0.717) is 55.8 Å². The topological polar surface area (TPSA) is 65.7 Å². The van der Waals surface area contributed by atoms with Gasteiger partial charge in [-0.3, -0.25) is 4.79 Å². The number of aromatic nitrogens is 2. The van der Waals surface area contributed by atoms with Crippen LogP contribution < -0.4 is 15.0 Å². The van der Waals surface area contributed by atoms with Gasteiger partial charge in [0.25, 0.3) is 5.56 Å². The van der Waals surface area contributed by atoms with Gasteiger partial charge in [0.1, 0.15) is 12.4 Å². The first-order valence-electron chi connectivity index (χ1n) is 12.1. The van der Waals surface area contributed by atoms with Gasteiger partial charge in [0.2, 0.25) is 0 Å². The molecular formula is C28H25Br2Cl2N3O3. The number of hydrogen-bond acceptors (Lipinski definition) is 5. The molecule has 0 aliphatic rings. The quantitative estimate of drug-likeness (QED) is 0.158. The third-order valence-corrected chi connectivity index (χ3v) is 7.34. The maximum absolute atomic E-state index is 13.4. The lowest BCUT2D eigenvalue weighted by molar-refractivity contribution is 0.267. The van der Waals surface area contributed by atoms with Gasteiger partial charge in [0.15, 0.2) is 11.5 Å². The summed E-state index contributed by atoms with van der Waals surface area (Å²) >= 11 is 19.3. The molecule has 4 aromatic rings. The molecule has 0 spiro atoms. The molecule has 0 bridgehead atoms. The first-order chi connectivity index (χ1) is 18.3. The van der Waals surface area contributed by atoms with Crippen LogP contribution >= 0.6 is 55.1 Å². The van der Waals surface area contributed by atoms with E-state index in [0.717, 1.165) is 28.4 Å². The molecule has 3 aromatic carbocycles. The summed E-state index contributed by atoms with van der Waals surface area (Å²) in [6, 6.07) is 14.4. The largest absolute Gasteiger partial charge is 0.490 e. The highest BCUT2D eigenvalue weighted by atomic mass is 79.9. The fourth-order valence-electron chi connectivity index (χ4n) is 3.79. The van der Waals surface area contributed by atoms with E-state index in [2.05, 4.69) is 43.9 Å². The highest BCUT2D eigenvalue weighted by Crippen LogP contribution is 2.37. The van der Waals surface area contributed by atoms with Crippen molar-refractivity contribution in [1.29, 1.82) is 0 Å². The molecule has 0 atom stereocenters. The molecule has 198 valence electrons. The zero-order valence-corrected chi connectivity index (χ0v) is 25.5. The number of nitrogens with zero attached hydrogens (tertiary/aromatic N) is 3. The van der Waals surface area contributed by atoms with Gasteiger partial charge < -0.3 is 9.47 Å². The van der Waals surface area contributed by atoms with Gasteiger partial charge >= 0.3 is 0 Å². The predicted molar refractivity (Wildman–Crippen MR) is 161 cm³/mol. The van der Waals surface area contributed by atoms with Crippen LogP contribution in [0.1, 0.15) is 43.6 Å². The van der Waals surface area contributed by atoms with Gasteiger partial charge in [0, 0.05) is 26.5 Å². The number of ether oxygens (including phenoxy) is 2. The normalized spacial score (nSPS) is 11.4. The number of benzene rings is 3. The summed E-state index contributed by atoms with van der Waals surface area (Å²) in [5, 5.41) is 6.13. The molecule has 10 heteroatoms. The molecule has 0 fully saturated rings. The average molecular weight is 682 g/mol. The second-order valence-electron chi connectivity index (χ2n) is 8.44. The van der Waals surface area contributed by atoms with Crippen LogP contribution in [0.4, 0.5) is 0 Å². The summed E-state index contributed by atoms with van der Waals surface area (Å²) in [4.78, 5) is 18.1. The minimum atomic E-state index is -0.220. The van der Waals surface area contributed by atoms with Gasteiger partial charge in [0.05, 0.1) is 28.2 Å². The maximum Gasteiger partial charge on any atom is 0.282 e. The Kier molecular flexibility index (Phi) is 9.87. The average Bonchev–Trinajstić information content (AvgIpc) is 2.88. The second-order valence-corrected chi connectivity index (χ2v) is 11.1. The van der Waals surface area contributed by atoms with E-state index in [9.17, 15) is 4.79 Å². The summed E-state index contributed by atoms with van der Waals surface area (Å²) in [5.41, 5.74) is 1.95. The number of hydrogen-bond donors (Lipinski definition) is 0. The van der Waals surface area contributed by atoms with Crippen molar-refractivity contribution >= 4 is 72.2 Å². The Balaban J connectivity index is 1.69. The van der Waals surface area contributed by atoms with Crippen LogP contribution in [0.3, 0.4) is 0 Å². The van der Waals surface area contributed by atoms with Crippen molar-refractivity contribution in [2.24, 2.45) is 5.10 Å². The summed E-state index contributed by atoms with van der Waals surface area (Å²) in [7, 11) is 0. The van der Waals surface area contributed by atoms with Crippen LogP contribution in [0, 0.1) is 0 Å². The van der Waals surface area contributed by atoms with E-state index >= 15 is 0 Å². The Morgan fingerprint density at radius 1 is 1.05 bits per heavy atom. The smallest absolute Gasteiger partial charge is 0.282 e. The highest BCUT2D eigenvalue weighted by molar-refractivity contribution is 9.10. The van der Waals surface area contributed by atoms with Gasteiger partial charge in [-0.05, 0) is 77.3 Å². The first-order valence-corrected chi connectivity index (χ1v) is 14.4. The highest BCUT2D eigenvalue weighted by Gasteiger charge is 2.15. The molecule has 0 N–H and O–H groups in total. The number of fused-ring (bicyclic) bond motifs is 1. The minimum absolute atomic E-state index is 0.220. The summed E-state index contributed by atoms with van der Waals surface area (Å²) in [5.74, 6) is 1.69. The van der Waals surface area contributed by atoms with Gasteiger partial charge in [-0.2, -0.15) is 9.78 Å². The van der Waals surface area contributed by atoms with Crippen molar-refractivity contribution < 1.29 is 9.47 Å². The third kappa shape index (κ3) is 6.78. The van der Waals surface area contributed by atoms with E-state index in [4.69, 9.17) is 37.7 Å². The Morgan fingerprint density at radius 3 is 2.61 bits per heavy atom. The second kappa shape index (κ2) is 13.1. The molecule has 0 aliphatic carbocycles. The molecule has 0 radical (unpaired) electrons. The van der Waals surface area contributed by atoms with Crippen LogP contribution in [0.25, 0.3) is 10.9 Å². The van der Waals surface area contributed by atoms with Crippen molar-refractivity contribution in [2.45, 2.75) is 39.7 Å². The standard InChI is InChI=1S/C28H25Br2Cl2N3O3/c1-3-5-6-26-34-24-10-8-19(29)13-21(24)28(36)35(26)33-15-17-11-22(30)27(25(12-17)37-4-2)38-16-18-7-9-20(31)14-23(18)32/h7-15H,3-6,16H2,1-2H3. The van der Waals surface area contributed by atoms with E-state index in [-0.39, 0.29) is 12.2 Å². The first kappa shape index (κ1) is 28.6. The van der Waals surface area contributed by atoms with Crippen LogP contribution in [-0.2, 0) is 13.0 Å². The molecule has 4 rings (SSSR count). The van der Waals surface area contributed by atoms with Gasteiger partial charge in [-0.25, -0.2) is 4.98 Å². The van der Waals surface area contributed by atoms with Crippen molar-refractivity contribution in [2.75, 3.05) is 6.61 Å². The number of rotatable bonds is 10. The molecule has 0 saturated heterocycles. The number of halogens is 4. The monoisotopic (exact) mass is 679 g/mol. The van der Waals surface area contributed by atoms with Crippen molar-refractivity contribution in [1.82, 2.24) is 9.66 Å². The van der Waals surface area contributed by atoms with Gasteiger partial charge in [-0.1, -0.05) is 58.5 Å². The molecule has 1 heterocycles. The molecule has 0 saturated carbocycles. The Hall–Kier alpha value is -2.39. The summed E-state index contributed by atoms with van der Waals surface area (Å²) in [6.45, 7) is 4.67. The maximum atomic E-state index is 13.4. The Labute approximate surface area is 247 Å². The van der Waals surface area contributed by atoms with Crippen LogP contribution in [0.15, 0.2) is 67.4 Å². The van der Waals surface area contributed by atoms with E-state index in [1.807, 2.05) is 37.3 Å². The zero-order chi connectivity index (χ0) is 27.2. The van der Waals surface area contributed by atoms with E-state index < -0.39 is 0 Å². The lowest BCUT2D eigenvalue weighted by atomic mass is 10.2. The summed E-state index contributed by atoms with van der Waals surface area (Å²) < 4.78 is 14.8. The zero-order valence-electron chi connectivity index (χ0n) is 20.8. The van der Waals surface area contributed by atoms with E-state index in [1.165, 1.54) is 4.68 Å². The van der Waals surface area contributed by atoms with Gasteiger partial charge in [-0.15, -0.1) is 0 Å². The number of unbranched alkanes of at least 4 members (excludes halogenated alkanes) is 1. The molecule has 0 unspecified atom stereocenters. The SMILES string of the molecule is CCCCc1nc2ccc(Br)cc2c(=O)n1N=Cc1cc(Br)c(OCc2ccc(Cl)cc2Cl)c(OCC)c1. The lowest BCUT2D eigenvalue weighted by Gasteiger charge is -2.15. The molecule has 1 aromatic heterocycles. The summed E-state index contributed by atoms with van der Waals surface area (Å²) in [6.07, 6.45) is 4.14. The fourth-order valence-corrected chi connectivity index (χ4v) is 5.19. The molecule has 0 aliphatic heterocycles. The Morgan fingerprint density at radius 2 is 1.87 bits per heavy atom. The lowest BCUT2D eigenvalue weighted by Crippen LogP contribution is -2.22. The fraction of sp³-hybridized carbons (Fsp3) is 0.250. The van der Waals surface area contributed by atoms with E-state index in [1.54, 1.807) is 24.4 Å². The molecule has 0 amide bonds. The number of aryl methyl sites for hydroxylation is 1. The molecular weight excluding hydrogens is 657 g/mol. The minimum Gasteiger partial charge on any atom is -0.490 e. The predicted octanol–water partition coefficient (Wildman–Crippen LogP) is 8.43. The Bertz CT molecular complexity index is 1560.